The van der Waals surface area contributed by atoms with Crippen molar-refractivity contribution in [2.24, 2.45) is 0 Å². The van der Waals surface area contributed by atoms with Crippen molar-refractivity contribution in [3.8, 4) is 0 Å². The number of carboxylic acids is 1. The minimum absolute atomic E-state index is 0.422. The third-order valence-electron chi connectivity index (χ3n) is 1.29. The van der Waals surface area contributed by atoms with Crippen molar-refractivity contribution in [3.05, 3.63) is 12.2 Å². The van der Waals surface area contributed by atoms with E-state index in [4.69, 9.17) is 5.11 Å². The monoisotopic (exact) mass is 141 g/mol. The predicted octanol–water partition coefficient (Wildman–Crippen LogP) is -0.531. The Balaban J connectivity index is 2.50. The molecular formula is C6H7NO3. The maximum atomic E-state index is 10.6. The molecular weight excluding hydrogens is 134 g/mol. The summed E-state index contributed by atoms with van der Waals surface area (Å²) in [4.78, 5) is 22.0. The Kier molecular flexibility index (Phi) is 1.71. The van der Waals surface area contributed by atoms with Crippen LogP contribution in [0.25, 0.3) is 0 Å². The van der Waals surface area contributed by atoms with Gasteiger partial charge in [0.2, 0.25) is 0 Å². The van der Waals surface area contributed by atoms with E-state index in [-0.39, 0.29) is 0 Å². The first-order valence-electron chi connectivity index (χ1n) is 2.89. The maximum Gasteiger partial charge on any atom is 0.394 e. The third kappa shape index (κ3) is 1.15. The van der Waals surface area contributed by atoms with Gasteiger partial charge in [-0.25, -0.2) is 4.79 Å². The molecule has 1 amide bonds. The first-order chi connectivity index (χ1) is 4.72. The number of hydrogen-bond acceptors (Lipinski definition) is 2. The van der Waals surface area contributed by atoms with E-state index < -0.39 is 11.9 Å². The van der Waals surface area contributed by atoms with E-state index >= 15 is 0 Å². The van der Waals surface area contributed by atoms with Crippen LogP contribution in [-0.2, 0) is 9.59 Å². The molecule has 1 N–H and O–H groups in total. The van der Waals surface area contributed by atoms with Crippen LogP contribution in [0.3, 0.4) is 0 Å². The second kappa shape index (κ2) is 2.51. The predicted molar refractivity (Wildman–Crippen MR) is 33.4 cm³/mol. The van der Waals surface area contributed by atoms with Crippen LogP contribution in [0.4, 0.5) is 0 Å². The zero-order chi connectivity index (χ0) is 7.56. The smallest absolute Gasteiger partial charge is 0.394 e. The molecule has 4 heteroatoms. The normalized spacial score (nSPS) is 15.8. The standard InChI is InChI=1S/C6H7NO3/c8-5(6(9)10)7-3-1-2-4-7/h1-2H,3-4H2,(H,9,10). The topological polar surface area (TPSA) is 57.6 Å². The van der Waals surface area contributed by atoms with Gasteiger partial charge in [-0.15, -0.1) is 0 Å². The zero-order valence-corrected chi connectivity index (χ0v) is 5.28. The number of amides is 1. The lowest BCUT2D eigenvalue weighted by molar-refractivity contribution is -0.155. The van der Waals surface area contributed by atoms with E-state index in [9.17, 15) is 9.59 Å². The Morgan fingerprint density at radius 3 is 2.20 bits per heavy atom. The van der Waals surface area contributed by atoms with Crippen molar-refractivity contribution in [1.29, 1.82) is 0 Å². The SMILES string of the molecule is O=C(O)C(=O)N1CC=CC1. The molecule has 0 aromatic carbocycles. The highest BCUT2D eigenvalue weighted by molar-refractivity contribution is 6.31. The lowest BCUT2D eigenvalue weighted by Crippen LogP contribution is -2.34. The van der Waals surface area contributed by atoms with Gasteiger partial charge in [0, 0.05) is 13.1 Å². The molecule has 0 fully saturated rings. The molecule has 0 spiro atoms. The number of rotatable bonds is 0. The highest BCUT2D eigenvalue weighted by Gasteiger charge is 2.20. The Morgan fingerprint density at radius 1 is 1.30 bits per heavy atom. The second-order valence-corrected chi connectivity index (χ2v) is 1.99. The van der Waals surface area contributed by atoms with Gasteiger partial charge in [-0.3, -0.25) is 4.79 Å². The molecule has 54 valence electrons. The van der Waals surface area contributed by atoms with Crippen LogP contribution in [0, 0.1) is 0 Å². The molecule has 0 aromatic rings. The summed E-state index contributed by atoms with van der Waals surface area (Å²) in [6.45, 7) is 0.844. The fourth-order valence-electron chi connectivity index (χ4n) is 0.779. The van der Waals surface area contributed by atoms with Gasteiger partial charge in [0.25, 0.3) is 0 Å². The summed E-state index contributed by atoms with van der Waals surface area (Å²) < 4.78 is 0. The molecule has 0 bridgehead atoms. The molecule has 0 radical (unpaired) electrons. The molecule has 10 heavy (non-hydrogen) atoms. The Labute approximate surface area is 57.7 Å². The van der Waals surface area contributed by atoms with Gasteiger partial charge in [0.15, 0.2) is 0 Å². The Hall–Kier alpha value is -1.32. The largest absolute Gasteiger partial charge is 0.474 e. The van der Waals surface area contributed by atoms with Gasteiger partial charge in [0.05, 0.1) is 0 Å². The fourth-order valence-corrected chi connectivity index (χ4v) is 0.779. The maximum absolute atomic E-state index is 10.6. The van der Waals surface area contributed by atoms with Gasteiger partial charge in [-0.05, 0) is 0 Å². The molecule has 0 aromatic heterocycles. The second-order valence-electron chi connectivity index (χ2n) is 1.99. The molecule has 1 rings (SSSR count). The van der Waals surface area contributed by atoms with E-state index in [0.717, 1.165) is 0 Å². The minimum atomic E-state index is -1.39. The van der Waals surface area contributed by atoms with Gasteiger partial charge >= 0.3 is 11.9 Å². The lowest BCUT2D eigenvalue weighted by atomic mass is 10.5. The fraction of sp³-hybridized carbons (Fsp3) is 0.333. The van der Waals surface area contributed by atoms with Crippen LogP contribution in [0.2, 0.25) is 0 Å². The highest BCUT2D eigenvalue weighted by Crippen LogP contribution is 1.98. The molecule has 1 heterocycles. The van der Waals surface area contributed by atoms with Crippen LogP contribution in [0.1, 0.15) is 0 Å². The van der Waals surface area contributed by atoms with Gasteiger partial charge < -0.3 is 10.0 Å². The summed E-state index contributed by atoms with van der Waals surface area (Å²) in [5.74, 6) is -2.21. The summed E-state index contributed by atoms with van der Waals surface area (Å²) in [5.41, 5.74) is 0. The average Bonchev–Trinajstić information content (AvgIpc) is 2.36. The van der Waals surface area contributed by atoms with Crippen molar-refractivity contribution in [2.75, 3.05) is 13.1 Å². The first-order valence-corrected chi connectivity index (χ1v) is 2.89. The molecule has 0 aliphatic carbocycles. The summed E-state index contributed by atoms with van der Waals surface area (Å²) in [6, 6.07) is 0. The van der Waals surface area contributed by atoms with E-state index in [2.05, 4.69) is 0 Å². The molecule has 1 aliphatic rings. The summed E-state index contributed by atoms with van der Waals surface area (Å²) in [7, 11) is 0. The zero-order valence-electron chi connectivity index (χ0n) is 5.28. The summed E-state index contributed by atoms with van der Waals surface area (Å²) in [6.07, 6.45) is 3.53. The highest BCUT2D eigenvalue weighted by atomic mass is 16.4. The average molecular weight is 141 g/mol. The molecule has 0 unspecified atom stereocenters. The first kappa shape index (κ1) is 6.80. The molecule has 0 saturated heterocycles. The van der Waals surface area contributed by atoms with Crippen molar-refractivity contribution >= 4 is 11.9 Å². The van der Waals surface area contributed by atoms with Crippen LogP contribution in [0.5, 0.6) is 0 Å². The third-order valence-corrected chi connectivity index (χ3v) is 1.29. The summed E-state index contributed by atoms with van der Waals surface area (Å²) >= 11 is 0. The molecule has 0 atom stereocenters. The van der Waals surface area contributed by atoms with E-state index in [1.807, 2.05) is 0 Å². The van der Waals surface area contributed by atoms with Gasteiger partial charge in [-0.2, -0.15) is 0 Å². The van der Waals surface area contributed by atoms with Crippen LogP contribution in [-0.4, -0.2) is 35.0 Å². The molecule has 1 aliphatic heterocycles. The van der Waals surface area contributed by atoms with E-state index in [1.165, 1.54) is 4.90 Å². The van der Waals surface area contributed by atoms with E-state index in [0.29, 0.717) is 13.1 Å². The van der Waals surface area contributed by atoms with E-state index in [1.54, 1.807) is 12.2 Å². The lowest BCUT2D eigenvalue weighted by Gasteiger charge is -2.10. The molecule has 0 saturated carbocycles. The quantitative estimate of drug-likeness (QED) is 0.364. The number of aliphatic carboxylic acids is 1. The van der Waals surface area contributed by atoms with Crippen molar-refractivity contribution in [3.63, 3.8) is 0 Å². The van der Waals surface area contributed by atoms with Crippen LogP contribution >= 0.6 is 0 Å². The number of carboxylic acid groups (broad SMARTS) is 1. The number of carbonyl (C=O) groups is 2. The van der Waals surface area contributed by atoms with Gasteiger partial charge in [0.1, 0.15) is 0 Å². The van der Waals surface area contributed by atoms with Crippen LogP contribution < -0.4 is 0 Å². The minimum Gasteiger partial charge on any atom is -0.474 e. The Bertz CT molecular complexity index is 189. The Morgan fingerprint density at radius 2 is 1.80 bits per heavy atom. The van der Waals surface area contributed by atoms with Crippen LogP contribution in [0.15, 0.2) is 12.2 Å². The summed E-state index contributed by atoms with van der Waals surface area (Å²) in [5, 5.41) is 8.22. The van der Waals surface area contributed by atoms with Crippen molar-refractivity contribution in [2.45, 2.75) is 0 Å². The molecule has 4 nitrogen and oxygen atoms in total. The van der Waals surface area contributed by atoms with Crippen molar-refractivity contribution in [1.82, 2.24) is 4.90 Å². The number of hydrogen-bond donors (Lipinski definition) is 1. The van der Waals surface area contributed by atoms with Gasteiger partial charge in [-0.1, -0.05) is 12.2 Å². The van der Waals surface area contributed by atoms with Crippen molar-refractivity contribution < 1.29 is 14.7 Å². The number of carbonyl (C=O) groups excluding carboxylic acids is 1. The number of nitrogens with zero attached hydrogens (tertiary/aromatic N) is 1.